The molecule has 1 heterocycles. The first kappa shape index (κ1) is 9.18. The second kappa shape index (κ2) is 3.77. The van der Waals surface area contributed by atoms with Crippen LogP contribution < -0.4 is 11.3 Å². The number of hydrogen-bond acceptors (Lipinski definition) is 4. The monoisotopic (exact) mass is 205 g/mol. The first-order valence-corrected chi connectivity index (χ1v) is 5.17. The van der Waals surface area contributed by atoms with Crippen LogP contribution in [0.2, 0.25) is 0 Å². The Kier molecular flexibility index (Phi) is 2.47. The Hall–Kier alpha value is -1.39. The Morgan fingerprint density at radius 1 is 1.36 bits per heavy atom. The van der Waals surface area contributed by atoms with Gasteiger partial charge in [-0.15, -0.1) is 11.3 Å². The highest BCUT2D eigenvalue weighted by Crippen LogP contribution is 2.27. The third-order valence-electron chi connectivity index (χ3n) is 2.03. The lowest BCUT2D eigenvalue weighted by atomic mass is 10.1. The van der Waals surface area contributed by atoms with Crippen molar-refractivity contribution in [1.29, 1.82) is 0 Å². The molecule has 0 radical (unpaired) electrons. The number of nitrogens with one attached hydrogen (secondary N) is 1. The van der Waals surface area contributed by atoms with Gasteiger partial charge in [-0.3, -0.25) is 0 Å². The van der Waals surface area contributed by atoms with E-state index < -0.39 is 0 Å². The summed E-state index contributed by atoms with van der Waals surface area (Å²) in [4.78, 5) is 4.34. The zero-order chi connectivity index (χ0) is 9.97. The second-order valence-corrected chi connectivity index (χ2v) is 3.86. The van der Waals surface area contributed by atoms with Gasteiger partial charge in [-0.2, -0.15) is 0 Å². The molecule has 0 spiro atoms. The summed E-state index contributed by atoms with van der Waals surface area (Å²) in [5, 5.41) is 2.90. The summed E-state index contributed by atoms with van der Waals surface area (Å²) in [5.74, 6) is 5.99. The summed E-state index contributed by atoms with van der Waals surface area (Å²) in [6.07, 6.45) is 0. The lowest BCUT2D eigenvalue weighted by Gasteiger charge is -1.99. The molecule has 0 unspecified atom stereocenters. The zero-order valence-electron chi connectivity index (χ0n) is 7.82. The molecule has 0 bridgehead atoms. The smallest absolute Gasteiger partial charge is 0.151 e. The van der Waals surface area contributed by atoms with Crippen LogP contribution in [0.3, 0.4) is 0 Å². The lowest BCUT2D eigenvalue weighted by molar-refractivity contribution is 1.27. The van der Waals surface area contributed by atoms with Crippen molar-refractivity contribution >= 4 is 17.2 Å². The van der Waals surface area contributed by atoms with Gasteiger partial charge in [0.25, 0.3) is 0 Å². The van der Waals surface area contributed by atoms with E-state index in [0.717, 1.165) is 5.01 Å². The predicted octanol–water partition coefficient (Wildman–Crippen LogP) is 2.40. The van der Waals surface area contributed by atoms with Gasteiger partial charge in [0.15, 0.2) is 5.82 Å². The topological polar surface area (TPSA) is 50.9 Å². The molecule has 72 valence electrons. The van der Waals surface area contributed by atoms with Gasteiger partial charge in [0.2, 0.25) is 0 Å². The molecule has 0 amide bonds. The van der Waals surface area contributed by atoms with Crippen molar-refractivity contribution in [3.05, 3.63) is 35.2 Å². The fourth-order valence-electron chi connectivity index (χ4n) is 1.28. The van der Waals surface area contributed by atoms with E-state index in [4.69, 9.17) is 5.84 Å². The number of nitrogens with zero attached hydrogens (tertiary/aromatic N) is 1. The molecule has 3 nitrogen and oxygen atoms in total. The van der Waals surface area contributed by atoms with Crippen LogP contribution in [0.4, 0.5) is 5.82 Å². The van der Waals surface area contributed by atoms with Gasteiger partial charge in [-0.1, -0.05) is 24.3 Å². The van der Waals surface area contributed by atoms with Crippen LogP contribution in [0, 0.1) is 6.92 Å². The van der Waals surface area contributed by atoms with Gasteiger partial charge >= 0.3 is 0 Å². The molecule has 0 saturated heterocycles. The summed E-state index contributed by atoms with van der Waals surface area (Å²) in [6.45, 7) is 2.08. The maximum Gasteiger partial charge on any atom is 0.151 e. The highest BCUT2D eigenvalue weighted by molar-refractivity contribution is 7.13. The fraction of sp³-hybridized carbons (Fsp3) is 0.100. The van der Waals surface area contributed by atoms with Gasteiger partial charge in [0.1, 0.15) is 5.01 Å². The molecule has 3 N–H and O–H groups in total. The molecule has 0 fully saturated rings. The number of nitrogen functional groups attached to an aromatic ring is 1. The van der Waals surface area contributed by atoms with Gasteiger partial charge in [0.05, 0.1) is 0 Å². The summed E-state index contributed by atoms with van der Waals surface area (Å²) in [5.41, 5.74) is 4.93. The molecule has 1 aromatic carbocycles. The number of hydrogen-bond donors (Lipinski definition) is 2. The quantitative estimate of drug-likeness (QED) is 0.584. The second-order valence-electron chi connectivity index (χ2n) is 3.00. The first-order valence-electron chi connectivity index (χ1n) is 4.29. The highest BCUT2D eigenvalue weighted by Gasteiger charge is 2.05. The lowest BCUT2D eigenvalue weighted by Crippen LogP contribution is -2.06. The third-order valence-corrected chi connectivity index (χ3v) is 2.90. The average Bonchev–Trinajstić information content (AvgIpc) is 2.67. The number of nitrogens with two attached hydrogens (primary N) is 1. The number of hydrazine groups is 1. The van der Waals surface area contributed by atoms with Crippen molar-refractivity contribution in [2.75, 3.05) is 5.43 Å². The Labute approximate surface area is 86.6 Å². The van der Waals surface area contributed by atoms with Gasteiger partial charge < -0.3 is 5.43 Å². The molecule has 4 heteroatoms. The van der Waals surface area contributed by atoms with Gasteiger partial charge in [0, 0.05) is 10.9 Å². The molecular weight excluding hydrogens is 194 g/mol. The first-order chi connectivity index (χ1) is 6.81. The van der Waals surface area contributed by atoms with E-state index in [1.807, 2.05) is 17.5 Å². The van der Waals surface area contributed by atoms with E-state index in [1.165, 1.54) is 11.1 Å². The standard InChI is InChI=1S/C10H11N3S/c1-7-4-2-3-5-8(7)10-12-9(13-11)6-14-10/h2-6,13H,11H2,1H3. The van der Waals surface area contributed by atoms with Crippen molar-refractivity contribution in [2.45, 2.75) is 6.92 Å². The van der Waals surface area contributed by atoms with Crippen molar-refractivity contribution < 1.29 is 0 Å². The number of aromatic nitrogens is 1. The van der Waals surface area contributed by atoms with Gasteiger partial charge in [-0.05, 0) is 12.5 Å². The fourth-order valence-corrected chi connectivity index (χ4v) is 2.13. The zero-order valence-corrected chi connectivity index (χ0v) is 8.64. The van der Waals surface area contributed by atoms with Crippen LogP contribution >= 0.6 is 11.3 Å². The number of benzene rings is 1. The van der Waals surface area contributed by atoms with Crippen LogP contribution in [0.5, 0.6) is 0 Å². The van der Waals surface area contributed by atoms with E-state index in [9.17, 15) is 0 Å². The summed E-state index contributed by atoms with van der Waals surface area (Å²) < 4.78 is 0. The van der Waals surface area contributed by atoms with E-state index in [0.29, 0.717) is 5.82 Å². The molecule has 0 saturated carbocycles. The van der Waals surface area contributed by atoms with Crippen LogP contribution in [0.25, 0.3) is 10.6 Å². The van der Waals surface area contributed by atoms with Crippen molar-refractivity contribution in [2.24, 2.45) is 5.84 Å². The maximum absolute atomic E-state index is 5.27. The number of rotatable bonds is 2. The molecule has 2 aromatic rings. The number of aryl methyl sites for hydroxylation is 1. The molecule has 14 heavy (non-hydrogen) atoms. The van der Waals surface area contributed by atoms with Gasteiger partial charge in [-0.25, -0.2) is 10.8 Å². The molecular formula is C10H11N3S. The molecule has 0 atom stereocenters. The average molecular weight is 205 g/mol. The summed E-state index contributed by atoms with van der Waals surface area (Å²) in [6, 6.07) is 8.18. The maximum atomic E-state index is 5.27. The van der Waals surface area contributed by atoms with Crippen molar-refractivity contribution in [3.63, 3.8) is 0 Å². The summed E-state index contributed by atoms with van der Waals surface area (Å²) in [7, 11) is 0. The van der Waals surface area contributed by atoms with Crippen LogP contribution in [-0.2, 0) is 0 Å². The van der Waals surface area contributed by atoms with Crippen molar-refractivity contribution in [1.82, 2.24) is 4.98 Å². The minimum Gasteiger partial charge on any atom is -0.308 e. The number of anilines is 1. The van der Waals surface area contributed by atoms with E-state index in [2.05, 4.69) is 29.5 Å². The van der Waals surface area contributed by atoms with Crippen LogP contribution in [-0.4, -0.2) is 4.98 Å². The molecule has 0 aliphatic carbocycles. The SMILES string of the molecule is Cc1ccccc1-c1nc(NN)cs1. The van der Waals surface area contributed by atoms with E-state index in [1.54, 1.807) is 11.3 Å². The molecule has 0 aliphatic rings. The normalized spacial score (nSPS) is 10.1. The van der Waals surface area contributed by atoms with Crippen LogP contribution in [0.1, 0.15) is 5.56 Å². The summed E-state index contributed by atoms with van der Waals surface area (Å²) >= 11 is 1.59. The third kappa shape index (κ3) is 1.62. The van der Waals surface area contributed by atoms with E-state index in [-0.39, 0.29) is 0 Å². The Balaban J connectivity index is 2.44. The molecule has 2 rings (SSSR count). The minimum absolute atomic E-state index is 0.716. The molecule has 1 aromatic heterocycles. The Bertz CT molecular complexity index is 436. The predicted molar refractivity (Wildman–Crippen MR) is 60.1 cm³/mol. The van der Waals surface area contributed by atoms with Crippen molar-refractivity contribution in [3.8, 4) is 10.6 Å². The largest absolute Gasteiger partial charge is 0.308 e. The number of thiazole rings is 1. The van der Waals surface area contributed by atoms with E-state index >= 15 is 0 Å². The van der Waals surface area contributed by atoms with Crippen LogP contribution in [0.15, 0.2) is 29.6 Å². The Morgan fingerprint density at radius 3 is 2.79 bits per heavy atom. The molecule has 0 aliphatic heterocycles. The minimum atomic E-state index is 0.716. The Morgan fingerprint density at radius 2 is 2.14 bits per heavy atom. The highest BCUT2D eigenvalue weighted by atomic mass is 32.1.